The third-order valence-corrected chi connectivity index (χ3v) is 10.7. The highest BCUT2D eigenvalue weighted by Gasteiger charge is 2.23. The van der Waals surface area contributed by atoms with Crippen molar-refractivity contribution < 1.29 is 0 Å². The van der Waals surface area contributed by atoms with Crippen LogP contribution in [0, 0.1) is 0 Å². The molecule has 0 saturated carbocycles. The lowest BCUT2D eigenvalue weighted by Gasteiger charge is -2.13. The number of benzene rings is 6. The predicted octanol–water partition coefficient (Wildman–Crippen LogP) is 12.1. The molecule has 0 unspecified atom stereocenters. The largest absolute Gasteiger partial charge is 0.306 e. The van der Waals surface area contributed by atoms with Gasteiger partial charge in [0.1, 0.15) is 22.1 Å². The standard InChI is InChI=1S/C50H32N6/c1-3-13-33(14-4-1)41-19-11-21-43(51-41)35-25-29-37(30-26-35)55-45-23-9-7-17-39(45)47-49(55)50-48(54-53-47)40-18-8-10-24-46(40)56(50)38-31-27-36(28-32-38)44-22-12-20-42(52-44)34-15-5-2-6-16-34/h1-32H. The third kappa shape index (κ3) is 5.19. The van der Waals surface area contributed by atoms with Crippen LogP contribution in [-0.4, -0.2) is 29.3 Å². The summed E-state index contributed by atoms with van der Waals surface area (Å²) in [5.74, 6) is 0. The van der Waals surface area contributed by atoms with E-state index in [-0.39, 0.29) is 0 Å². The maximum atomic E-state index is 5.03. The lowest BCUT2D eigenvalue weighted by atomic mass is 10.1. The molecular weight excluding hydrogens is 685 g/mol. The molecule has 0 spiro atoms. The number of rotatable bonds is 6. The topological polar surface area (TPSA) is 61.4 Å². The summed E-state index contributed by atoms with van der Waals surface area (Å²) >= 11 is 0. The summed E-state index contributed by atoms with van der Waals surface area (Å²) < 4.78 is 4.67. The van der Waals surface area contributed by atoms with Crippen LogP contribution in [0.2, 0.25) is 0 Å². The minimum absolute atomic E-state index is 0.858. The van der Waals surface area contributed by atoms with E-state index in [1.165, 1.54) is 0 Å². The number of aromatic nitrogens is 6. The van der Waals surface area contributed by atoms with E-state index in [0.29, 0.717) is 0 Å². The van der Waals surface area contributed by atoms with Gasteiger partial charge >= 0.3 is 0 Å². The molecule has 5 heterocycles. The second-order valence-corrected chi connectivity index (χ2v) is 13.9. The van der Waals surface area contributed by atoms with Crippen LogP contribution in [0.1, 0.15) is 0 Å². The molecule has 0 amide bonds. The third-order valence-electron chi connectivity index (χ3n) is 10.7. The molecule has 0 saturated heterocycles. The van der Waals surface area contributed by atoms with Gasteiger partial charge in [-0.3, -0.25) is 0 Å². The molecule has 0 aliphatic carbocycles. The molecule has 0 bridgehead atoms. The quantitative estimate of drug-likeness (QED) is 0.172. The first-order chi connectivity index (χ1) is 27.8. The Kier molecular flexibility index (Phi) is 7.38. The zero-order valence-electron chi connectivity index (χ0n) is 30.2. The Bertz CT molecular complexity index is 3000. The zero-order chi connectivity index (χ0) is 37.0. The van der Waals surface area contributed by atoms with E-state index in [0.717, 1.165) is 100 Å². The Labute approximate surface area is 322 Å². The Morgan fingerprint density at radius 3 is 1.02 bits per heavy atom. The summed E-state index contributed by atoms with van der Waals surface area (Å²) in [6, 6.07) is 67.3. The van der Waals surface area contributed by atoms with Crippen molar-refractivity contribution in [2.75, 3.05) is 0 Å². The fraction of sp³-hybridized carbons (Fsp3) is 0. The fourth-order valence-corrected chi connectivity index (χ4v) is 8.01. The molecule has 0 aliphatic rings. The predicted molar refractivity (Wildman–Crippen MR) is 228 cm³/mol. The fourth-order valence-electron chi connectivity index (χ4n) is 8.01. The Morgan fingerprint density at radius 1 is 0.286 bits per heavy atom. The van der Waals surface area contributed by atoms with Crippen molar-refractivity contribution in [1.82, 2.24) is 29.3 Å². The SMILES string of the molecule is c1ccc(-c2cccc(-c3ccc(-n4c5ccccc5c5nnc6c7ccccc7n(-c7ccc(-c8cccc(-c9ccccc9)n8)cc7)c6c54)cc3)n2)cc1. The van der Waals surface area contributed by atoms with Crippen LogP contribution >= 0.6 is 0 Å². The molecule has 0 aliphatic heterocycles. The number of pyridine rings is 2. The first-order valence-electron chi connectivity index (χ1n) is 18.7. The molecular formula is C50H32N6. The van der Waals surface area contributed by atoms with Crippen molar-refractivity contribution in [2.24, 2.45) is 0 Å². The summed E-state index contributed by atoms with van der Waals surface area (Å²) in [6.45, 7) is 0. The highest BCUT2D eigenvalue weighted by Crippen LogP contribution is 2.40. The van der Waals surface area contributed by atoms with E-state index in [1.54, 1.807) is 0 Å². The highest BCUT2D eigenvalue weighted by molar-refractivity contribution is 6.20. The van der Waals surface area contributed by atoms with Gasteiger partial charge in [-0.15, -0.1) is 10.2 Å². The normalized spacial score (nSPS) is 11.6. The average molecular weight is 717 g/mol. The molecule has 0 atom stereocenters. The van der Waals surface area contributed by atoms with E-state index >= 15 is 0 Å². The maximum Gasteiger partial charge on any atom is 0.121 e. The van der Waals surface area contributed by atoms with Crippen LogP contribution in [0.3, 0.4) is 0 Å². The van der Waals surface area contributed by atoms with Gasteiger partial charge < -0.3 is 9.13 Å². The Morgan fingerprint density at radius 2 is 0.625 bits per heavy atom. The van der Waals surface area contributed by atoms with Crippen LogP contribution in [0.5, 0.6) is 0 Å². The smallest absolute Gasteiger partial charge is 0.121 e. The van der Waals surface area contributed by atoms with Gasteiger partial charge in [0.2, 0.25) is 0 Å². The lowest BCUT2D eigenvalue weighted by molar-refractivity contribution is 1.10. The molecule has 262 valence electrons. The van der Waals surface area contributed by atoms with E-state index < -0.39 is 0 Å². The number of fused-ring (bicyclic) bond motifs is 7. The number of hydrogen-bond donors (Lipinski definition) is 0. The van der Waals surface area contributed by atoms with E-state index in [4.69, 9.17) is 20.2 Å². The van der Waals surface area contributed by atoms with Crippen molar-refractivity contribution in [2.45, 2.75) is 0 Å². The van der Waals surface area contributed by atoms with Crippen molar-refractivity contribution >= 4 is 43.9 Å². The van der Waals surface area contributed by atoms with Crippen LogP contribution in [0.4, 0.5) is 0 Å². The zero-order valence-corrected chi connectivity index (χ0v) is 30.2. The second-order valence-electron chi connectivity index (χ2n) is 13.9. The number of nitrogens with zero attached hydrogens (tertiary/aromatic N) is 6. The van der Waals surface area contributed by atoms with Crippen LogP contribution in [0.15, 0.2) is 194 Å². The average Bonchev–Trinajstić information content (AvgIpc) is 3.80. The molecule has 11 aromatic rings. The minimum Gasteiger partial charge on any atom is -0.306 e. The van der Waals surface area contributed by atoms with E-state index in [1.807, 2.05) is 36.4 Å². The molecule has 56 heavy (non-hydrogen) atoms. The summed E-state index contributed by atoms with van der Waals surface area (Å²) in [6.07, 6.45) is 0. The summed E-state index contributed by atoms with van der Waals surface area (Å²) in [5.41, 5.74) is 16.0. The van der Waals surface area contributed by atoms with Crippen LogP contribution in [-0.2, 0) is 0 Å². The Balaban J connectivity index is 1.08. The Hall–Kier alpha value is -7.70. The van der Waals surface area contributed by atoms with Gasteiger partial charge in [-0.2, -0.15) is 0 Å². The molecule has 6 nitrogen and oxygen atoms in total. The van der Waals surface area contributed by atoms with Crippen molar-refractivity contribution in [3.8, 4) is 56.4 Å². The molecule has 0 fully saturated rings. The maximum absolute atomic E-state index is 5.03. The van der Waals surface area contributed by atoms with Crippen LogP contribution < -0.4 is 0 Å². The molecule has 6 aromatic carbocycles. The summed E-state index contributed by atoms with van der Waals surface area (Å²) in [4.78, 5) is 10.1. The van der Waals surface area contributed by atoms with Crippen molar-refractivity contribution in [3.05, 3.63) is 194 Å². The highest BCUT2D eigenvalue weighted by atomic mass is 15.2. The van der Waals surface area contributed by atoms with E-state index in [9.17, 15) is 0 Å². The molecule has 11 rings (SSSR count). The second kappa shape index (κ2) is 13.0. The van der Waals surface area contributed by atoms with Gasteiger partial charge in [0.15, 0.2) is 0 Å². The number of para-hydroxylation sites is 2. The van der Waals surface area contributed by atoms with Gasteiger partial charge in [0, 0.05) is 44.4 Å². The molecule has 0 N–H and O–H groups in total. The molecule has 6 heteroatoms. The van der Waals surface area contributed by atoms with Gasteiger partial charge in [0.05, 0.1) is 33.8 Å². The first-order valence-corrected chi connectivity index (χ1v) is 18.7. The minimum atomic E-state index is 0.858. The van der Waals surface area contributed by atoms with Gasteiger partial charge in [-0.05, 0) is 60.7 Å². The number of hydrogen-bond acceptors (Lipinski definition) is 4. The monoisotopic (exact) mass is 716 g/mol. The summed E-state index contributed by atoms with van der Waals surface area (Å²) in [5, 5.41) is 12.0. The lowest BCUT2D eigenvalue weighted by Crippen LogP contribution is -2.00. The van der Waals surface area contributed by atoms with Crippen molar-refractivity contribution in [3.63, 3.8) is 0 Å². The molecule has 0 radical (unpaired) electrons. The van der Waals surface area contributed by atoms with Crippen LogP contribution in [0.25, 0.3) is 100 Å². The van der Waals surface area contributed by atoms with E-state index in [2.05, 4.69) is 167 Å². The summed E-state index contributed by atoms with van der Waals surface area (Å²) in [7, 11) is 0. The molecule has 5 aromatic heterocycles. The first kappa shape index (κ1) is 31.8. The van der Waals surface area contributed by atoms with Crippen molar-refractivity contribution in [1.29, 1.82) is 0 Å². The van der Waals surface area contributed by atoms with Gasteiger partial charge in [-0.1, -0.05) is 133 Å². The van der Waals surface area contributed by atoms with Gasteiger partial charge in [-0.25, -0.2) is 9.97 Å². The van der Waals surface area contributed by atoms with Gasteiger partial charge in [0.25, 0.3) is 0 Å².